The quantitative estimate of drug-likeness (QED) is 0.619. The maximum absolute atomic E-state index is 11.9. The maximum atomic E-state index is 11.9. The number of halogens is 1. The van der Waals surface area contributed by atoms with Crippen molar-refractivity contribution in [3.05, 3.63) is 34.9 Å². The summed E-state index contributed by atoms with van der Waals surface area (Å²) in [5, 5.41) is 6.67. The van der Waals surface area contributed by atoms with Crippen LogP contribution in [0.4, 0.5) is 0 Å². The molecule has 1 rings (SSSR count). The Morgan fingerprint density at radius 3 is 2.57 bits per heavy atom. The molecule has 0 aliphatic rings. The molecule has 0 heterocycles. The Balaban J connectivity index is 2.86. The monoisotopic (exact) mass is 338 g/mol. The van der Waals surface area contributed by atoms with E-state index in [0.717, 1.165) is 23.1 Å². The number of benzene rings is 1. The van der Waals surface area contributed by atoms with Crippen LogP contribution in [0.1, 0.15) is 26.3 Å². The Bertz CT molecular complexity index is 557. The molecule has 0 saturated carbocycles. The van der Waals surface area contributed by atoms with Gasteiger partial charge in [0.15, 0.2) is 5.96 Å². The van der Waals surface area contributed by atoms with Gasteiger partial charge in [0.25, 0.3) is 0 Å². The molecule has 0 aliphatic heterocycles. The average molecular weight is 339 g/mol. The normalized spacial score (nSPS) is 12.0. The lowest BCUT2D eigenvalue weighted by molar-refractivity contribution is -0.128. The Kier molecular flexibility index (Phi) is 7.36. The van der Waals surface area contributed by atoms with Gasteiger partial charge in [-0.1, -0.05) is 29.8 Å². The number of hydrogen-bond donors (Lipinski definition) is 2. The van der Waals surface area contributed by atoms with E-state index in [1.54, 1.807) is 7.05 Å². The third kappa shape index (κ3) is 5.75. The fraction of sp³-hybridized carbons (Fsp3) is 0.529. The summed E-state index contributed by atoms with van der Waals surface area (Å²) in [6.07, 6.45) is 0. The second kappa shape index (κ2) is 8.77. The van der Waals surface area contributed by atoms with Crippen LogP contribution < -0.4 is 10.6 Å². The van der Waals surface area contributed by atoms with E-state index in [0.29, 0.717) is 13.1 Å². The van der Waals surface area contributed by atoms with Gasteiger partial charge < -0.3 is 15.5 Å². The smallest absolute Gasteiger partial charge is 0.227 e. The van der Waals surface area contributed by atoms with E-state index >= 15 is 0 Å². The molecule has 0 fully saturated rings. The first kappa shape index (κ1) is 19.3. The predicted octanol–water partition coefficient (Wildman–Crippen LogP) is 2.51. The first-order valence-electron chi connectivity index (χ1n) is 7.77. The Labute approximate surface area is 144 Å². The lowest BCUT2D eigenvalue weighted by Gasteiger charge is -2.25. The highest BCUT2D eigenvalue weighted by Crippen LogP contribution is 2.18. The Morgan fingerprint density at radius 2 is 2.00 bits per heavy atom. The molecule has 0 atom stereocenters. The minimum atomic E-state index is -0.555. The van der Waals surface area contributed by atoms with Gasteiger partial charge in [-0.3, -0.25) is 9.79 Å². The van der Waals surface area contributed by atoms with E-state index in [9.17, 15) is 4.79 Å². The highest BCUT2D eigenvalue weighted by atomic mass is 35.5. The minimum Gasteiger partial charge on any atom is -0.359 e. The van der Waals surface area contributed by atoms with Crippen LogP contribution in [0.2, 0.25) is 5.02 Å². The average Bonchev–Trinajstić information content (AvgIpc) is 2.52. The van der Waals surface area contributed by atoms with Crippen LogP contribution in [-0.4, -0.2) is 44.0 Å². The summed E-state index contributed by atoms with van der Waals surface area (Å²) in [5.41, 5.74) is 0.480. The number of amides is 1. The van der Waals surface area contributed by atoms with Crippen molar-refractivity contribution in [3.63, 3.8) is 0 Å². The van der Waals surface area contributed by atoms with Crippen LogP contribution in [0.15, 0.2) is 29.3 Å². The molecule has 23 heavy (non-hydrogen) atoms. The summed E-state index contributed by atoms with van der Waals surface area (Å²) in [6.45, 7) is 7.59. The number of guanidine groups is 1. The first-order chi connectivity index (χ1) is 10.8. The number of hydrogen-bond acceptors (Lipinski definition) is 2. The first-order valence-corrected chi connectivity index (χ1v) is 8.14. The molecular weight excluding hydrogens is 312 g/mol. The number of rotatable bonds is 6. The van der Waals surface area contributed by atoms with Crippen LogP contribution in [0.25, 0.3) is 0 Å². The van der Waals surface area contributed by atoms with E-state index in [1.807, 2.05) is 57.0 Å². The van der Waals surface area contributed by atoms with Crippen LogP contribution in [0.3, 0.4) is 0 Å². The fourth-order valence-electron chi connectivity index (χ4n) is 2.11. The summed E-state index contributed by atoms with van der Waals surface area (Å²) < 4.78 is 0. The second-order valence-corrected chi connectivity index (χ2v) is 6.49. The molecule has 1 aromatic carbocycles. The zero-order valence-corrected chi connectivity index (χ0v) is 15.4. The Morgan fingerprint density at radius 1 is 1.35 bits per heavy atom. The summed E-state index contributed by atoms with van der Waals surface area (Å²) in [6, 6.07) is 7.76. The lowest BCUT2D eigenvalue weighted by atomic mass is 9.93. The molecule has 128 valence electrons. The van der Waals surface area contributed by atoms with Gasteiger partial charge in [-0.25, -0.2) is 0 Å². The van der Waals surface area contributed by atoms with Crippen molar-refractivity contribution in [2.24, 2.45) is 10.4 Å². The highest BCUT2D eigenvalue weighted by Gasteiger charge is 2.26. The second-order valence-electron chi connectivity index (χ2n) is 6.08. The lowest BCUT2D eigenvalue weighted by Crippen LogP contribution is -2.41. The Hall–Kier alpha value is -1.75. The molecule has 0 radical (unpaired) electrons. The number of carbonyl (C=O) groups excluding carboxylic acids is 1. The van der Waals surface area contributed by atoms with Crippen molar-refractivity contribution in [2.45, 2.75) is 27.3 Å². The van der Waals surface area contributed by atoms with Gasteiger partial charge in [0.1, 0.15) is 0 Å². The molecule has 6 heteroatoms. The van der Waals surface area contributed by atoms with Crippen molar-refractivity contribution in [1.82, 2.24) is 15.5 Å². The third-order valence-corrected chi connectivity index (χ3v) is 3.90. The van der Waals surface area contributed by atoms with Crippen molar-refractivity contribution < 1.29 is 4.79 Å². The summed E-state index contributed by atoms with van der Waals surface area (Å²) in [5.74, 6) is 0.732. The number of nitrogens with one attached hydrogen (secondary N) is 2. The predicted molar refractivity (Wildman–Crippen MR) is 96.7 cm³/mol. The third-order valence-electron chi connectivity index (χ3n) is 3.53. The van der Waals surface area contributed by atoms with Gasteiger partial charge in [0.05, 0.1) is 12.0 Å². The van der Waals surface area contributed by atoms with Crippen LogP contribution in [-0.2, 0) is 11.3 Å². The van der Waals surface area contributed by atoms with Gasteiger partial charge in [0.2, 0.25) is 5.91 Å². The zero-order valence-electron chi connectivity index (χ0n) is 14.6. The van der Waals surface area contributed by atoms with E-state index in [1.165, 1.54) is 0 Å². The summed E-state index contributed by atoms with van der Waals surface area (Å²) in [4.78, 5) is 18.5. The molecule has 5 nitrogen and oxygen atoms in total. The van der Waals surface area contributed by atoms with Crippen LogP contribution in [0.5, 0.6) is 0 Å². The molecule has 0 unspecified atom stereocenters. The molecule has 0 saturated heterocycles. The van der Waals surface area contributed by atoms with Crippen LogP contribution >= 0.6 is 11.6 Å². The summed E-state index contributed by atoms with van der Waals surface area (Å²) >= 11 is 6.22. The SMILES string of the molecule is CCNC(=NCC(C)(C)C(=O)NC)N(C)Cc1ccccc1Cl. The van der Waals surface area contributed by atoms with Gasteiger partial charge >= 0.3 is 0 Å². The largest absolute Gasteiger partial charge is 0.359 e. The van der Waals surface area contributed by atoms with Gasteiger partial charge in [-0.2, -0.15) is 0 Å². The van der Waals surface area contributed by atoms with E-state index < -0.39 is 5.41 Å². The van der Waals surface area contributed by atoms with Crippen molar-refractivity contribution in [1.29, 1.82) is 0 Å². The molecule has 2 N–H and O–H groups in total. The van der Waals surface area contributed by atoms with Gasteiger partial charge in [0, 0.05) is 32.2 Å². The standard InChI is InChI=1S/C17H27ClN4O/c1-6-20-16(21-12-17(2,3)15(23)19-4)22(5)11-13-9-7-8-10-14(13)18/h7-10H,6,11-12H2,1-5H3,(H,19,23)(H,20,21). The zero-order chi connectivity index (χ0) is 17.5. The van der Waals surface area contributed by atoms with Gasteiger partial charge in [-0.15, -0.1) is 0 Å². The van der Waals surface area contributed by atoms with E-state index in [2.05, 4.69) is 15.6 Å². The maximum Gasteiger partial charge on any atom is 0.227 e. The fourth-order valence-corrected chi connectivity index (χ4v) is 2.30. The number of aliphatic imine (C=N–C) groups is 1. The van der Waals surface area contributed by atoms with Crippen molar-refractivity contribution in [3.8, 4) is 0 Å². The molecular formula is C17H27ClN4O. The molecule has 1 aromatic rings. The molecule has 0 bridgehead atoms. The topological polar surface area (TPSA) is 56.7 Å². The van der Waals surface area contributed by atoms with Crippen LogP contribution in [0, 0.1) is 5.41 Å². The number of carbonyl (C=O) groups is 1. The van der Waals surface area contributed by atoms with Gasteiger partial charge in [-0.05, 0) is 32.4 Å². The van der Waals surface area contributed by atoms with Crippen molar-refractivity contribution in [2.75, 3.05) is 27.2 Å². The summed E-state index contributed by atoms with van der Waals surface area (Å²) in [7, 11) is 3.60. The molecule has 1 amide bonds. The van der Waals surface area contributed by atoms with E-state index in [-0.39, 0.29) is 5.91 Å². The highest BCUT2D eigenvalue weighted by molar-refractivity contribution is 6.31. The number of nitrogens with zero attached hydrogens (tertiary/aromatic N) is 2. The molecule has 0 spiro atoms. The van der Waals surface area contributed by atoms with E-state index in [4.69, 9.17) is 11.6 Å². The minimum absolute atomic E-state index is 0.0224. The molecule has 0 aromatic heterocycles. The van der Waals surface area contributed by atoms with Crippen molar-refractivity contribution >= 4 is 23.5 Å². The molecule has 0 aliphatic carbocycles.